The predicted molar refractivity (Wildman–Crippen MR) is 86.5 cm³/mol. The third-order valence-electron chi connectivity index (χ3n) is 4.40. The lowest BCUT2D eigenvalue weighted by Crippen LogP contribution is -2.45. The average Bonchev–Trinajstić information content (AvgIpc) is 3.13. The fourth-order valence-electron chi connectivity index (χ4n) is 3.01. The Hall–Kier alpha value is -2.34. The number of aliphatic hydroxyl groups excluding tert-OH is 1. The number of hydrogen-bond donors (Lipinski definition) is 3. The molecule has 3 N–H and O–H groups in total. The number of nitrogens with one attached hydrogen (secondary N) is 2. The van der Waals surface area contributed by atoms with E-state index in [1.54, 1.807) is 6.20 Å². The van der Waals surface area contributed by atoms with Crippen molar-refractivity contribution in [1.82, 2.24) is 20.4 Å². The summed E-state index contributed by atoms with van der Waals surface area (Å²) in [6, 6.07) is 11.5. The number of carbonyl (C=O) groups is 1. The molecule has 23 heavy (non-hydrogen) atoms. The molecule has 1 aromatic heterocycles. The Labute approximate surface area is 135 Å². The van der Waals surface area contributed by atoms with Crippen LogP contribution in [0.3, 0.4) is 0 Å². The van der Waals surface area contributed by atoms with Crippen LogP contribution in [0.2, 0.25) is 0 Å². The van der Waals surface area contributed by atoms with Gasteiger partial charge in [-0.2, -0.15) is 5.10 Å². The van der Waals surface area contributed by atoms with Crippen LogP contribution < -0.4 is 5.32 Å². The van der Waals surface area contributed by atoms with Gasteiger partial charge in [0.05, 0.1) is 18.3 Å². The topological polar surface area (TPSA) is 81.2 Å². The number of carbonyl (C=O) groups excluding carboxylic acids is 1. The molecule has 0 radical (unpaired) electrons. The van der Waals surface area contributed by atoms with Gasteiger partial charge in [0, 0.05) is 19.3 Å². The minimum absolute atomic E-state index is 0.0627. The highest BCUT2D eigenvalue weighted by Gasteiger charge is 2.28. The molecule has 2 heterocycles. The van der Waals surface area contributed by atoms with Crippen molar-refractivity contribution in [3.63, 3.8) is 0 Å². The molecule has 1 aliphatic rings. The number of likely N-dealkylation sites (tertiary alicyclic amines) is 1. The van der Waals surface area contributed by atoms with E-state index in [0.717, 1.165) is 24.1 Å². The van der Waals surface area contributed by atoms with Crippen LogP contribution in [0.5, 0.6) is 0 Å². The van der Waals surface area contributed by atoms with Crippen LogP contribution in [0, 0.1) is 5.92 Å². The molecular weight excluding hydrogens is 292 g/mol. The average molecular weight is 314 g/mol. The van der Waals surface area contributed by atoms with Gasteiger partial charge in [-0.25, -0.2) is 4.79 Å². The minimum atomic E-state index is -0.452. The van der Waals surface area contributed by atoms with Crippen LogP contribution >= 0.6 is 0 Å². The first-order valence-electron chi connectivity index (χ1n) is 7.98. The van der Waals surface area contributed by atoms with Gasteiger partial charge in [0.15, 0.2) is 0 Å². The van der Waals surface area contributed by atoms with Crippen molar-refractivity contribution in [1.29, 1.82) is 0 Å². The third-order valence-corrected chi connectivity index (χ3v) is 4.40. The highest BCUT2D eigenvalue weighted by atomic mass is 16.3. The van der Waals surface area contributed by atoms with Crippen LogP contribution in [-0.2, 0) is 6.54 Å². The van der Waals surface area contributed by atoms with Gasteiger partial charge < -0.3 is 15.3 Å². The van der Waals surface area contributed by atoms with Crippen molar-refractivity contribution in [2.75, 3.05) is 13.1 Å². The Morgan fingerprint density at radius 1 is 1.30 bits per heavy atom. The molecule has 0 saturated carbocycles. The first kappa shape index (κ1) is 15.6. The predicted octanol–water partition coefficient (Wildman–Crippen LogP) is 2.06. The zero-order valence-electron chi connectivity index (χ0n) is 13.0. The van der Waals surface area contributed by atoms with Gasteiger partial charge in [-0.3, -0.25) is 5.10 Å². The Balaban J connectivity index is 1.47. The maximum absolute atomic E-state index is 12.2. The standard InChI is InChI=1S/C17H22N4O2/c22-16(13-4-2-1-3-5-13)14-7-10-21(11-8-14)17(23)18-12-15-6-9-19-20-15/h1-6,9,14,16,22H,7-8,10-12H2,(H,18,23)(H,19,20). The lowest BCUT2D eigenvalue weighted by Gasteiger charge is -2.34. The van der Waals surface area contributed by atoms with Gasteiger partial charge in [-0.05, 0) is 30.4 Å². The van der Waals surface area contributed by atoms with E-state index in [-0.39, 0.29) is 11.9 Å². The zero-order chi connectivity index (χ0) is 16.1. The number of H-pyrrole nitrogens is 1. The summed E-state index contributed by atoms with van der Waals surface area (Å²) in [4.78, 5) is 14.0. The van der Waals surface area contributed by atoms with Crippen molar-refractivity contribution in [3.05, 3.63) is 53.9 Å². The number of hydrogen-bond acceptors (Lipinski definition) is 3. The van der Waals surface area contributed by atoms with E-state index >= 15 is 0 Å². The highest BCUT2D eigenvalue weighted by Crippen LogP contribution is 2.30. The second-order valence-electron chi connectivity index (χ2n) is 5.92. The summed E-state index contributed by atoms with van der Waals surface area (Å²) >= 11 is 0. The van der Waals surface area contributed by atoms with E-state index in [0.29, 0.717) is 19.6 Å². The molecule has 1 aliphatic heterocycles. The second kappa shape index (κ2) is 7.28. The number of piperidine rings is 1. The molecule has 1 fully saturated rings. The van der Waals surface area contributed by atoms with Gasteiger partial charge in [0.25, 0.3) is 0 Å². The maximum atomic E-state index is 12.2. The van der Waals surface area contributed by atoms with Crippen molar-refractivity contribution in [2.24, 2.45) is 5.92 Å². The Morgan fingerprint density at radius 2 is 2.04 bits per heavy atom. The van der Waals surface area contributed by atoms with Crippen molar-refractivity contribution >= 4 is 6.03 Å². The van der Waals surface area contributed by atoms with E-state index in [1.165, 1.54) is 0 Å². The zero-order valence-corrected chi connectivity index (χ0v) is 13.0. The number of aliphatic hydroxyl groups is 1. The van der Waals surface area contributed by atoms with Gasteiger partial charge in [0.2, 0.25) is 0 Å². The summed E-state index contributed by atoms with van der Waals surface area (Å²) in [7, 11) is 0. The second-order valence-corrected chi connectivity index (χ2v) is 5.92. The number of nitrogens with zero attached hydrogens (tertiary/aromatic N) is 2. The van der Waals surface area contributed by atoms with Crippen molar-refractivity contribution in [2.45, 2.75) is 25.5 Å². The van der Waals surface area contributed by atoms with E-state index < -0.39 is 6.10 Å². The monoisotopic (exact) mass is 314 g/mol. The van der Waals surface area contributed by atoms with E-state index in [1.807, 2.05) is 41.3 Å². The van der Waals surface area contributed by atoms with Gasteiger partial charge >= 0.3 is 6.03 Å². The van der Waals surface area contributed by atoms with E-state index in [2.05, 4.69) is 15.5 Å². The lowest BCUT2D eigenvalue weighted by molar-refractivity contribution is 0.0665. The molecule has 1 atom stereocenters. The molecule has 1 saturated heterocycles. The van der Waals surface area contributed by atoms with Crippen LogP contribution in [0.15, 0.2) is 42.6 Å². The van der Waals surface area contributed by atoms with Gasteiger partial charge in [0.1, 0.15) is 0 Å². The number of rotatable bonds is 4. The number of aromatic nitrogens is 2. The summed E-state index contributed by atoms with van der Waals surface area (Å²) in [5, 5.41) is 20.0. The molecular formula is C17H22N4O2. The van der Waals surface area contributed by atoms with Crippen LogP contribution in [0.25, 0.3) is 0 Å². The Kier molecular flexibility index (Phi) is 4.92. The largest absolute Gasteiger partial charge is 0.388 e. The van der Waals surface area contributed by atoms with Crippen LogP contribution in [0.4, 0.5) is 4.79 Å². The van der Waals surface area contributed by atoms with Crippen molar-refractivity contribution in [3.8, 4) is 0 Å². The Bertz CT molecular complexity index is 607. The molecule has 2 amide bonds. The number of aromatic amines is 1. The molecule has 6 nitrogen and oxygen atoms in total. The van der Waals surface area contributed by atoms with E-state index in [4.69, 9.17) is 0 Å². The number of amides is 2. The van der Waals surface area contributed by atoms with Crippen molar-refractivity contribution < 1.29 is 9.90 Å². The number of urea groups is 1. The van der Waals surface area contributed by atoms with Crippen LogP contribution in [-0.4, -0.2) is 39.3 Å². The first-order valence-corrected chi connectivity index (χ1v) is 7.98. The molecule has 122 valence electrons. The maximum Gasteiger partial charge on any atom is 0.317 e. The first-order chi connectivity index (χ1) is 11.2. The van der Waals surface area contributed by atoms with Crippen LogP contribution in [0.1, 0.15) is 30.2 Å². The summed E-state index contributed by atoms with van der Waals surface area (Å²) in [5.41, 5.74) is 1.84. The summed E-state index contributed by atoms with van der Waals surface area (Å²) < 4.78 is 0. The molecule has 1 aromatic carbocycles. The van der Waals surface area contributed by atoms with Gasteiger partial charge in [-0.1, -0.05) is 30.3 Å². The number of benzene rings is 1. The minimum Gasteiger partial charge on any atom is -0.388 e. The summed E-state index contributed by atoms with van der Waals surface area (Å²) in [6.45, 7) is 1.79. The molecule has 0 spiro atoms. The smallest absolute Gasteiger partial charge is 0.317 e. The molecule has 2 aromatic rings. The lowest BCUT2D eigenvalue weighted by atomic mass is 9.87. The Morgan fingerprint density at radius 3 is 2.70 bits per heavy atom. The third kappa shape index (κ3) is 3.90. The fraction of sp³-hybridized carbons (Fsp3) is 0.412. The normalized spacial score (nSPS) is 17.0. The quantitative estimate of drug-likeness (QED) is 0.808. The SMILES string of the molecule is O=C(NCc1ccn[nH]1)N1CCC(C(O)c2ccccc2)CC1. The highest BCUT2D eigenvalue weighted by molar-refractivity contribution is 5.74. The van der Waals surface area contributed by atoms with Gasteiger partial charge in [-0.15, -0.1) is 0 Å². The molecule has 3 rings (SSSR count). The molecule has 6 heteroatoms. The summed E-state index contributed by atoms with van der Waals surface area (Å²) in [6.07, 6.45) is 2.84. The molecule has 0 bridgehead atoms. The van der Waals surface area contributed by atoms with E-state index in [9.17, 15) is 9.90 Å². The fourth-order valence-corrected chi connectivity index (χ4v) is 3.01. The summed E-state index contributed by atoms with van der Waals surface area (Å²) in [5.74, 6) is 0.203. The molecule has 0 aliphatic carbocycles. The molecule has 1 unspecified atom stereocenters.